The summed E-state index contributed by atoms with van der Waals surface area (Å²) in [7, 11) is -4.67. The lowest BCUT2D eigenvalue weighted by molar-refractivity contribution is -0.0268. The molecule has 0 unspecified atom stereocenters. The van der Waals surface area contributed by atoms with Crippen LogP contribution < -0.4 is 0 Å². The van der Waals surface area contributed by atoms with Gasteiger partial charge < -0.3 is 52.5 Å². The van der Waals surface area contributed by atoms with Crippen molar-refractivity contribution < 1.29 is 70.0 Å². The van der Waals surface area contributed by atoms with Crippen molar-refractivity contribution in [1.82, 2.24) is 0 Å². The summed E-state index contributed by atoms with van der Waals surface area (Å²) in [6.45, 7) is 13.0. The second kappa shape index (κ2) is 37.5. The minimum atomic E-state index is -4.67. The molecule has 0 amide bonds. The van der Waals surface area contributed by atoms with Crippen LogP contribution >= 0.6 is 0 Å². The molecule has 0 rings (SSSR count). The summed E-state index contributed by atoms with van der Waals surface area (Å²) in [4.78, 5) is 0. The van der Waals surface area contributed by atoms with E-state index in [2.05, 4.69) is 6.92 Å². The van der Waals surface area contributed by atoms with Crippen LogP contribution in [0.2, 0.25) is 0 Å². The molecule has 41 heavy (non-hydrogen) atoms. The first-order valence-corrected chi connectivity index (χ1v) is 15.4. The first-order chi connectivity index (χ1) is 19.9. The van der Waals surface area contributed by atoms with Gasteiger partial charge in [0.1, 0.15) is 0 Å². The largest absolute Gasteiger partial charge is 0.394 e. The van der Waals surface area contributed by atoms with Crippen LogP contribution in [0.4, 0.5) is 0 Å². The van der Waals surface area contributed by atoms with E-state index in [0.29, 0.717) is 126 Å². The Kier molecular flexibility index (Phi) is 38.9. The van der Waals surface area contributed by atoms with Gasteiger partial charge in [-0.1, -0.05) is 19.8 Å². The van der Waals surface area contributed by atoms with Crippen LogP contribution in [0, 0.1) is 0 Å². The lowest BCUT2D eigenvalue weighted by Gasteiger charge is -2.09. The van der Waals surface area contributed by atoms with Crippen LogP contribution in [-0.4, -0.2) is 161 Å². The van der Waals surface area contributed by atoms with Crippen molar-refractivity contribution in [2.75, 3.05) is 139 Å². The Bertz CT molecular complexity index is 527. The topological polar surface area (TPSA) is 187 Å². The number of hydrogen-bond donors (Lipinski definition) is 3. The van der Waals surface area contributed by atoms with Crippen LogP contribution in [0.5, 0.6) is 0 Å². The molecule has 0 fully saturated rings. The summed E-state index contributed by atoms with van der Waals surface area (Å²) in [6.07, 6.45) is 3.55. The highest BCUT2D eigenvalue weighted by Gasteiger charge is 1.96. The average Bonchev–Trinajstić information content (AvgIpc) is 2.93. The molecule has 0 heterocycles. The fourth-order valence-corrected chi connectivity index (χ4v) is 2.60. The number of aliphatic hydroxyl groups is 1. The fraction of sp³-hybridized carbons (Fsp3) is 1.00. The standard InChI is InChI=1S/C25H52O11.H2O4S/c1-2-3-4-6-27-8-10-29-12-14-31-16-18-33-20-22-35-24-25-36-23-21-34-19-17-32-15-13-30-11-9-28-7-5-26;1-5(2,3)4/h26H,2-25H2,1H3;(H2,1,2,3,4). The third-order valence-electron chi connectivity index (χ3n) is 4.48. The highest BCUT2D eigenvalue weighted by atomic mass is 32.3. The number of aliphatic hydroxyl groups excluding tert-OH is 1. The van der Waals surface area contributed by atoms with Gasteiger partial charge in [0.25, 0.3) is 0 Å². The fourth-order valence-electron chi connectivity index (χ4n) is 2.60. The molecule has 16 heteroatoms. The Labute approximate surface area is 245 Å². The van der Waals surface area contributed by atoms with Crippen molar-refractivity contribution in [3.05, 3.63) is 0 Å². The van der Waals surface area contributed by atoms with E-state index in [0.717, 1.165) is 13.0 Å². The number of ether oxygens (including phenoxy) is 10. The van der Waals surface area contributed by atoms with E-state index in [1.807, 2.05) is 0 Å². The van der Waals surface area contributed by atoms with E-state index >= 15 is 0 Å². The Balaban J connectivity index is 0. The third kappa shape index (κ3) is 52.5. The molecule has 0 atom stereocenters. The monoisotopic (exact) mass is 626 g/mol. The maximum atomic E-state index is 8.74. The van der Waals surface area contributed by atoms with Gasteiger partial charge in [-0.2, -0.15) is 8.42 Å². The average molecular weight is 627 g/mol. The quantitative estimate of drug-likeness (QED) is 0.0681. The van der Waals surface area contributed by atoms with E-state index in [1.54, 1.807) is 0 Å². The minimum absolute atomic E-state index is 0.0302. The van der Waals surface area contributed by atoms with Crippen LogP contribution in [0.15, 0.2) is 0 Å². The van der Waals surface area contributed by atoms with Crippen molar-refractivity contribution in [2.24, 2.45) is 0 Å². The zero-order valence-electron chi connectivity index (χ0n) is 24.6. The molecule has 0 aromatic rings. The van der Waals surface area contributed by atoms with Gasteiger partial charge >= 0.3 is 10.4 Å². The highest BCUT2D eigenvalue weighted by Crippen LogP contribution is 1.94. The van der Waals surface area contributed by atoms with Crippen molar-refractivity contribution in [3.8, 4) is 0 Å². The molecular weight excluding hydrogens is 572 g/mol. The van der Waals surface area contributed by atoms with Crippen LogP contribution in [-0.2, 0) is 57.8 Å². The Morgan fingerprint density at radius 2 is 0.585 bits per heavy atom. The summed E-state index contributed by atoms with van der Waals surface area (Å²) in [6, 6.07) is 0. The molecule has 0 saturated heterocycles. The van der Waals surface area contributed by atoms with E-state index < -0.39 is 10.4 Å². The van der Waals surface area contributed by atoms with E-state index in [4.69, 9.17) is 70.0 Å². The SMILES string of the molecule is CCCCCOCCOCCOCCOCCOCCOCCOCCOCCOCCOCCO.O=S(=O)(O)O. The van der Waals surface area contributed by atoms with Gasteiger partial charge in [-0.05, 0) is 6.42 Å². The van der Waals surface area contributed by atoms with Crippen molar-refractivity contribution >= 4 is 10.4 Å². The maximum absolute atomic E-state index is 8.74. The summed E-state index contributed by atoms with van der Waals surface area (Å²) < 4.78 is 85.5. The summed E-state index contributed by atoms with van der Waals surface area (Å²) in [5, 5.41) is 8.56. The van der Waals surface area contributed by atoms with E-state index in [-0.39, 0.29) is 6.61 Å². The van der Waals surface area contributed by atoms with Crippen molar-refractivity contribution in [3.63, 3.8) is 0 Å². The molecular formula is C25H54O15S. The Morgan fingerprint density at radius 3 is 0.780 bits per heavy atom. The predicted octanol–water partition coefficient (Wildman–Crippen LogP) is 0.682. The molecule has 0 aromatic heterocycles. The van der Waals surface area contributed by atoms with Crippen molar-refractivity contribution in [2.45, 2.75) is 26.2 Å². The molecule has 0 saturated carbocycles. The highest BCUT2D eigenvalue weighted by molar-refractivity contribution is 7.79. The van der Waals surface area contributed by atoms with Gasteiger partial charge in [0.05, 0.1) is 132 Å². The van der Waals surface area contributed by atoms with E-state index in [9.17, 15) is 0 Å². The minimum Gasteiger partial charge on any atom is -0.394 e. The zero-order chi connectivity index (χ0) is 30.5. The normalized spacial score (nSPS) is 11.5. The molecule has 0 spiro atoms. The third-order valence-corrected chi connectivity index (χ3v) is 4.48. The molecule has 0 aliphatic rings. The van der Waals surface area contributed by atoms with Gasteiger partial charge in [-0.25, -0.2) is 0 Å². The van der Waals surface area contributed by atoms with Crippen LogP contribution in [0.1, 0.15) is 26.2 Å². The molecule has 0 aliphatic heterocycles. The van der Waals surface area contributed by atoms with E-state index in [1.165, 1.54) is 12.8 Å². The molecule has 0 aliphatic carbocycles. The number of hydrogen-bond acceptors (Lipinski definition) is 13. The van der Waals surface area contributed by atoms with Gasteiger partial charge in [-0.15, -0.1) is 0 Å². The van der Waals surface area contributed by atoms with Gasteiger partial charge in [0.15, 0.2) is 0 Å². The number of unbranched alkanes of at least 4 members (excludes halogenated alkanes) is 2. The smallest absolute Gasteiger partial charge is 0.394 e. The molecule has 250 valence electrons. The van der Waals surface area contributed by atoms with Gasteiger partial charge in [-0.3, -0.25) is 9.11 Å². The Hall–Kier alpha value is -0.570. The molecule has 15 nitrogen and oxygen atoms in total. The van der Waals surface area contributed by atoms with Gasteiger partial charge in [0, 0.05) is 6.61 Å². The van der Waals surface area contributed by atoms with Gasteiger partial charge in [0.2, 0.25) is 0 Å². The molecule has 0 aromatic carbocycles. The molecule has 0 radical (unpaired) electrons. The number of rotatable bonds is 33. The molecule has 0 bridgehead atoms. The second-order valence-electron chi connectivity index (χ2n) is 8.00. The van der Waals surface area contributed by atoms with Crippen LogP contribution in [0.25, 0.3) is 0 Å². The predicted molar refractivity (Wildman–Crippen MR) is 149 cm³/mol. The second-order valence-corrected chi connectivity index (χ2v) is 8.90. The lowest BCUT2D eigenvalue weighted by atomic mass is 10.3. The van der Waals surface area contributed by atoms with Crippen molar-refractivity contribution in [1.29, 1.82) is 0 Å². The first-order valence-electron chi connectivity index (χ1n) is 14.0. The Morgan fingerprint density at radius 1 is 0.390 bits per heavy atom. The first kappa shape index (κ1) is 42.6. The zero-order valence-corrected chi connectivity index (χ0v) is 25.4. The summed E-state index contributed by atoms with van der Waals surface area (Å²) >= 11 is 0. The summed E-state index contributed by atoms with van der Waals surface area (Å²) in [5.41, 5.74) is 0. The summed E-state index contributed by atoms with van der Waals surface area (Å²) in [5.74, 6) is 0. The lowest BCUT2D eigenvalue weighted by Crippen LogP contribution is -2.15. The molecule has 3 N–H and O–H groups in total. The van der Waals surface area contributed by atoms with Crippen LogP contribution in [0.3, 0.4) is 0 Å². The maximum Gasteiger partial charge on any atom is 0.394 e.